The van der Waals surface area contributed by atoms with E-state index >= 15 is 0 Å². The standard InChI is InChI=1S/C11H11NO3S/c1-6-4-5-15-9(6)10-8(11(13)14-3)12-7(2)16-10/h4-5H,1-3H3. The predicted molar refractivity (Wildman–Crippen MR) is 60.6 cm³/mol. The minimum Gasteiger partial charge on any atom is -0.464 e. The normalized spacial score (nSPS) is 10.4. The second-order valence-electron chi connectivity index (χ2n) is 3.33. The molecule has 2 heterocycles. The first-order valence-electron chi connectivity index (χ1n) is 4.73. The Balaban J connectivity index is 2.57. The van der Waals surface area contributed by atoms with Crippen molar-refractivity contribution in [3.8, 4) is 10.6 Å². The lowest BCUT2D eigenvalue weighted by Gasteiger charge is -1.98. The van der Waals surface area contributed by atoms with E-state index in [9.17, 15) is 4.79 Å². The average molecular weight is 237 g/mol. The smallest absolute Gasteiger partial charge is 0.358 e. The van der Waals surface area contributed by atoms with Gasteiger partial charge in [0.15, 0.2) is 5.69 Å². The van der Waals surface area contributed by atoms with Gasteiger partial charge < -0.3 is 9.15 Å². The van der Waals surface area contributed by atoms with E-state index in [-0.39, 0.29) is 0 Å². The molecule has 16 heavy (non-hydrogen) atoms. The van der Waals surface area contributed by atoms with E-state index in [1.807, 2.05) is 19.9 Å². The number of methoxy groups -OCH3 is 1. The number of aromatic nitrogens is 1. The quantitative estimate of drug-likeness (QED) is 0.754. The third-order valence-corrected chi connectivity index (χ3v) is 3.15. The number of aryl methyl sites for hydroxylation is 2. The average Bonchev–Trinajstić information content (AvgIpc) is 2.83. The van der Waals surface area contributed by atoms with Crippen molar-refractivity contribution in [2.45, 2.75) is 13.8 Å². The van der Waals surface area contributed by atoms with Crippen molar-refractivity contribution in [3.05, 3.63) is 28.6 Å². The van der Waals surface area contributed by atoms with Crippen LogP contribution in [-0.2, 0) is 4.74 Å². The lowest BCUT2D eigenvalue weighted by molar-refractivity contribution is 0.0595. The molecule has 0 aromatic carbocycles. The van der Waals surface area contributed by atoms with Crippen LogP contribution in [0.5, 0.6) is 0 Å². The van der Waals surface area contributed by atoms with Gasteiger partial charge >= 0.3 is 5.97 Å². The highest BCUT2D eigenvalue weighted by Crippen LogP contribution is 2.33. The van der Waals surface area contributed by atoms with Crippen molar-refractivity contribution < 1.29 is 13.9 Å². The van der Waals surface area contributed by atoms with E-state index in [2.05, 4.69) is 4.98 Å². The summed E-state index contributed by atoms with van der Waals surface area (Å²) in [5, 5.41) is 0.811. The molecule has 2 rings (SSSR count). The number of hydrogen-bond donors (Lipinski definition) is 0. The number of hydrogen-bond acceptors (Lipinski definition) is 5. The zero-order chi connectivity index (χ0) is 11.7. The minimum absolute atomic E-state index is 0.322. The van der Waals surface area contributed by atoms with Crippen molar-refractivity contribution in [2.75, 3.05) is 7.11 Å². The molecule has 0 aliphatic heterocycles. The van der Waals surface area contributed by atoms with Crippen LogP contribution in [0.3, 0.4) is 0 Å². The number of rotatable bonds is 2. The first kappa shape index (κ1) is 10.9. The second-order valence-corrected chi connectivity index (χ2v) is 4.54. The molecular weight excluding hydrogens is 226 g/mol. The Morgan fingerprint density at radius 3 is 2.81 bits per heavy atom. The van der Waals surface area contributed by atoms with Gasteiger partial charge in [-0.2, -0.15) is 0 Å². The van der Waals surface area contributed by atoms with Gasteiger partial charge in [-0.15, -0.1) is 11.3 Å². The highest BCUT2D eigenvalue weighted by atomic mass is 32.1. The second kappa shape index (κ2) is 4.09. The Morgan fingerprint density at radius 1 is 1.50 bits per heavy atom. The van der Waals surface area contributed by atoms with Gasteiger partial charge in [0, 0.05) is 0 Å². The Kier molecular flexibility index (Phi) is 2.78. The van der Waals surface area contributed by atoms with Crippen LogP contribution in [0.25, 0.3) is 10.6 Å². The summed E-state index contributed by atoms with van der Waals surface area (Å²) < 4.78 is 10.1. The third kappa shape index (κ3) is 1.74. The van der Waals surface area contributed by atoms with Gasteiger partial charge in [0.25, 0.3) is 0 Å². The molecule has 2 aromatic heterocycles. The van der Waals surface area contributed by atoms with Crippen LogP contribution in [0.1, 0.15) is 21.1 Å². The summed E-state index contributed by atoms with van der Waals surface area (Å²) in [4.78, 5) is 16.4. The van der Waals surface area contributed by atoms with Crippen LogP contribution in [0.2, 0.25) is 0 Å². The van der Waals surface area contributed by atoms with Crippen LogP contribution >= 0.6 is 11.3 Å². The number of esters is 1. The van der Waals surface area contributed by atoms with Crippen LogP contribution < -0.4 is 0 Å². The summed E-state index contributed by atoms with van der Waals surface area (Å²) in [6, 6.07) is 1.85. The SMILES string of the molecule is COC(=O)c1nc(C)sc1-c1occc1C. The Morgan fingerprint density at radius 2 is 2.25 bits per heavy atom. The molecule has 5 heteroatoms. The van der Waals surface area contributed by atoms with Gasteiger partial charge in [0.05, 0.1) is 18.4 Å². The van der Waals surface area contributed by atoms with Crippen molar-refractivity contribution in [2.24, 2.45) is 0 Å². The van der Waals surface area contributed by atoms with Crippen molar-refractivity contribution in [3.63, 3.8) is 0 Å². The van der Waals surface area contributed by atoms with Gasteiger partial charge in [-0.3, -0.25) is 0 Å². The van der Waals surface area contributed by atoms with Crippen LogP contribution in [0, 0.1) is 13.8 Å². The molecular formula is C11H11NO3S. The molecule has 0 saturated heterocycles. The highest BCUT2D eigenvalue weighted by Gasteiger charge is 2.21. The van der Waals surface area contributed by atoms with Gasteiger partial charge in [-0.1, -0.05) is 0 Å². The maximum atomic E-state index is 11.5. The molecule has 0 radical (unpaired) electrons. The van der Waals surface area contributed by atoms with E-state index in [1.54, 1.807) is 6.26 Å². The van der Waals surface area contributed by atoms with Gasteiger partial charge in [-0.25, -0.2) is 9.78 Å². The van der Waals surface area contributed by atoms with Crippen molar-refractivity contribution in [1.29, 1.82) is 0 Å². The van der Waals surface area contributed by atoms with E-state index in [1.165, 1.54) is 18.4 Å². The first-order valence-corrected chi connectivity index (χ1v) is 5.55. The molecule has 0 atom stereocenters. The monoisotopic (exact) mass is 237 g/mol. The molecule has 0 fully saturated rings. The summed E-state index contributed by atoms with van der Waals surface area (Å²) in [6.07, 6.45) is 1.60. The fourth-order valence-corrected chi connectivity index (χ4v) is 2.38. The summed E-state index contributed by atoms with van der Waals surface area (Å²) >= 11 is 1.42. The summed E-state index contributed by atoms with van der Waals surface area (Å²) in [6.45, 7) is 3.77. The first-order chi connectivity index (χ1) is 7.63. The molecule has 2 aromatic rings. The van der Waals surface area contributed by atoms with Crippen molar-refractivity contribution in [1.82, 2.24) is 4.98 Å². The fourth-order valence-electron chi connectivity index (χ4n) is 1.42. The minimum atomic E-state index is -0.435. The van der Waals surface area contributed by atoms with Crippen LogP contribution in [0.4, 0.5) is 0 Å². The van der Waals surface area contributed by atoms with Gasteiger partial charge in [0.1, 0.15) is 10.6 Å². The van der Waals surface area contributed by atoms with E-state index in [0.717, 1.165) is 15.4 Å². The molecule has 0 N–H and O–H groups in total. The number of carbonyl (C=O) groups is 1. The molecule has 0 aliphatic carbocycles. The van der Waals surface area contributed by atoms with E-state index in [0.29, 0.717) is 11.5 Å². The van der Waals surface area contributed by atoms with Crippen LogP contribution in [0.15, 0.2) is 16.7 Å². The number of carbonyl (C=O) groups excluding carboxylic acids is 1. The lowest BCUT2D eigenvalue weighted by Crippen LogP contribution is -2.03. The lowest BCUT2D eigenvalue weighted by atomic mass is 10.2. The molecule has 0 bridgehead atoms. The number of furan rings is 1. The van der Waals surface area contributed by atoms with E-state index in [4.69, 9.17) is 9.15 Å². The zero-order valence-electron chi connectivity index (χ0n) is 9.23. The molecule has 4 nitrogen and oxygen atoms in total. The number of nitrogens with zero attached hydrogens (tertiary/aromatic N) is 1. The molecule has 0 amide bonds. The Bertz CT molecular complexity index is 527. The zero-order valence-corrected chi connectivity index (χ0v) is 10.1. The Hall–Kier alpha value is -1.62. The fraction of sp³-hybridized carbons (Fsp3) is 0.273. The molecule has 0 saturated carbocycles. The molecule has 0 aliphatic rings. The van der Waals surface area contributed by atoms with E-state index < -0.39 is 5.97 Å². The molecule has 84 valence electrons. The largest absolute Gasteiger partial charge is 0.464 e. The topological polar surface area (TPSA) is 52.3 Å². The predicted octanol–water partition coefficient (Wildman–Crippen LogP) is 2.81. The maximum Gasteiger partial charge on any atom is 0.358 e. The van der Waals surface area contributed by atoms with Gasteiger partial charge in [0.2, 0.25) is 0 Å². The van der Waals surface area contributed by atoms with Crippen LogP contribution in [-0.4, -0.2) is 18.1 Å². The van der Waals surface area contributed by atoms with Gasteiger partial charge in [-0.05, 0) is 25.5 Å². The number of ether oxygens (including phenoxy) is 1. The summed E-state index contributed by atoms with van der Waals surface area (Å²) in [5.41, 5.74) is 1.30. The number of thiazole rings is 1. The maximum absolute atomic E-state index is 11.5. The summed E-state index contributed by atoms with van der Waals surface area (Å²) in [7, 11) is 1.34. The summed E-state index contributed by atoms with van der Waals surface area (Å²) in [5.74, 6) is 0.251. The molecule has 0 spiro atoms. The Labute approximate surface area is 96.9 Å². The third-order valence-electron chi connectivity index (χ3n) is 2.18. The molecule has 0 unspecified atom stereocenters. The highest BCUT2D eigenvalue weighted by molar-refractivity contribution is 7.15. The van der Waals surface area contributed by atoms with Crippen molar-refractivity contribution >= 4 is 17.3 Å².